The van der Waals surface area contributed by atoms with Crippen molar-refractivity contribution in [3.05, 3.63) is 22.4 Å². The molecule has 1 aromatic rings. The van der Waals surface area contributed by atoms with Crippen molar-refractivity contribution in [2.45, 2.75) is 38.6 Å². The summed E-state index contributed by atoms with van der Waals surface area (Å²) in [6, 6.07) is 3.87. The summed E-state index contributed by atoms with van der Waals surface area (Å²) in [6.45, 7) is 1.93. The van der Waals surface area contributed by atoms with Crippen LogP contribution in [0.2, 0.25) is 0 Å². The van der Waals surface area contributed by atoms with Gasteiger partial charge in [0.2, 0.25) is 5.91 Å². The van der Waals surface area contributed by atoms with Crippen molar-refractivity contribution < 1.29 is 14.7 Å². The van der Waals surface area contributed by atoms with E-state index in [1.54, 1.807) is 11.3 Å². The van der Waals surface area contributed by atoms with Crippen molar-refractivity contribution in [2.75, 3.05) is 0 Å². The minimum atomic E-state index is -0.844. The van der Waals surface area contributed by atoms with Crippen LogP contribution in [0, 0.1) is 11.8 Å². The topological polar surface area (TPSA) is 66.4 Å². The Bertz CT molecular complexity index is 444. The molecule has 3 atom stereocenters. The number of hydrogen-bond acceptors (Lipinski definition) is 3. The molecule has 2 rings (SSSR count). The molecule has 0 bridgehead atoms. The number of carbonyl (C=O) groups is 2. The van der Waals surface area contributed by atoms with Crippen molar-refractivity contribution in [1.82, 2.24) is 5.32 Å². The maximum Gasteiger partial charge on any atom is 0.307 e. The second-order valence-corrected chi connectivity index (χ2v) is 6.06. The van der Waals surface area contributed by atoms with Gasteiger partial charge < -0.3 is 10.4 Å². The van der Waals surface area contributed by atoms with Gasteiger partial charge in [-0.2, -0.15) is 0 Å². The van der Waals surface area contributed by atoms with E-state index in [1.807, 2.05) is 24.4 Å². The van der Waals surface area contributed by atoms with E-state index in [9.17, 15) is 14.7 Å². The number of thiophene rings is 1. The van der Waals surface area contributed by atoms with Crippen molar-refractivity contribution >= 4 is 23.2 Å². The van der Waals surface area contributed by atoms with Gasteiger partial charge in [-0.05, 0) is 31.2 Å². The Hall–Kier alpha value is -1.36. The van der Waals surface area contributed by atoms with Crippen LogP contribution in [0.15, 0.2) is 17.5 Å². The van der Waals surface area contributed by atoms with E-state index in [1.165, 1.54) is 0 Å². The van der Waals surface area contributed by atoms with Crippen molar-refractivity contribution in [1.29, 1.82) is 0 Å². The Morgan fingerprint density at radius 1 is 1.37 bits per heavy atom. The molecular formula is C14H19NO3S. The molecule has 1 saturated carbocycles. The lowest BCUT2D eigenvalue weighted by molar-refractivity contribution is -0.149. The molecule has 1 fully saturated rings. The van der Waals surface area contributed by atoms with Gasteiger partial charge in [-0.15, -0.1) is 11.3 Å². The standard InChI is InChI=1S/C14H19NO3S/c1-9(12-7-4-8-19-12)15-13(16)10-5-2-3-6-11(10)14(17)18/h4,7-11H,2-3,5-6H2,1H3,(H,15,16)(H,17,18)/t9-,10-,11+/m1/s1. The number of carboxylic acids is 1. The third kappa shape index (κ3) is 3.35. The molecule has 5 heteroatoms. The first kappa shape index (κ1) is 14.1. The van der Waals surface area contributed by atoms with Gasteiger partial charge >= 0.3 is 5.97 Å². The van der Waals surface area contributed by atoms with Crippen molar-refractivity contribution in [3.8, 4) is 0 Å². The number of nitrogens with one attached hydrogen (secondary N) is 1. The number of rotatable bonds is 4. The van der Waals surface area contributed by atoms with Gasteiger partial charge in [0.05, 0.1) is 17.9 Å². The quantitative estimate of drug-likeness (QED) is 0.891. The van der Waals surface area contributed by atoms with Crippen LogP contribution in [-0.4, -0.2) is 17.0 Å². The van der Waals surface area contributed by atoms with Gasteiger partial charge in [-0.3, -0.25) is 9.59 Å². The van der Waals surface area contributed by atoms with Crippen LogP contribution >= 0.6 is 11.3 Å². The fraction of sp³-hybridized carbons (Fsp3) is 0.571. The van der Waals surface area contributed by atoms with Crippen molar-refractivity contribution in [3.63, 3.8) is 0 Å². The molecule has 0 saturated heterocycles. The van der Waals surface area contributed by atoms with Crippen LogP contribution in [0.1, 0.15) is 43.5 Å². The molecule has 1 aromatic heterocycles. The van der Waals surface area contributed by atoms with Gasteiger partial charge in [0.15, 0.2) is 0 Å². The number of carboxylic acid groups (broad SMARTS) is 1. The average molecular weight is 281 g/mol. The SMILES string of the molecule is C[C@@H](NC(=O)[C@@H]1CCCC[C@@H]1C(=O)O)c1cccs1. The Labute approximate surface area is 116 Å². The average Bonchev–Trinajstić information content (AvgIpc) is 2.92. The summed E-state index contributed by atoms with van der Waals surface area (Å²) < 4.78 is 0. The number of aliphatic carboxylic acids is 1. The van der Waals surface area contributed by atoms with E-state index in [-0.39, 0.29) is 17.9 Å². The molecule has 2 N–H and O–H groups in total. The van der Waals surface area contributed by atoms with Crippen molar-refractivity contribution in [2.24, 2.45) is 11.8 Å². The Balaban J connectivity index is 2.00. The zero-order valence-corrected chi connectivity index (χ0v) is 11.8. The summed E-state index contributed by atoms with van der Waals surface area (Å²) in [5.74, 6) is -1.87. The second-order valence-electron chi connectivity index (χ2n) is 5.08. The molecule has 1 aliphatic carbocycles. The predicted octanol–water partition coefficient (Wildman–Crippen LogP) is 2.82. The van der Waals surface area contributed by atoms with E-state index in [0.29, 0.717) is 12.8 Å². The van der Waals surface area contributed by atoms with E-state index in [2.05, 4.69) is 5.32 Å². The van der Waals surface area contributed by atoms with Crippen LogP contribution in [0.5, 0.6) is 0 Å². The molecule has 1 amide bonds. The van der Waals surface area contributed by atoms with E-state index in [0.717, 1.165) is 17.7 Å². The fourth-order valence-electron chi connectivity index (χ4n) is 2.67. The van der Waals surface area contributed by atoms with Crippen LogP contribution in [-0.2, 0) is 9.59 Å². The molecule has 0 aliphatic heterocycles. The van der Waals surface area contributed by atoms with Crippen LogP contribution in [0.3, 0.4) is 0 Å². The lowest BCUT2D eigenvalue weighted by Gasteiger charge is -2.28. The molecule has 0 radical (unpaired) electrons. The summed E-state index contributed by atoms with van der Waals surface area (Å²) in [5.41, 5.74) is 0. The maximum absolute atomic E-state index is 12.2. The summed E-state index contributed by atoms with van der Waals surface area (Å²) in [5, 5.41) is 14.1. The van der Waals surface area contributed by atoms with E-state index >= 15 is 0 Å². The predicted molar refractivity (Wildman–Crippen MR) is 74.0 cm³/mol. The zero-order chi connectivity index (χ0) is 13.8. The third-order valence-electron chi connectivity index (χ3n) is 3.75. The van der Waals surface area contributed by atoms with E-state index < -0.39 is 11.9 Å². The van der Waals surface area contributed by atoms with E-state index in [4.69, 9.17) is 0 Å². The molecule has 1 heterocycles. The van der Waals surface area contributed by atoms with Gasteiger partial charge in [-0.25, -0.2) is 0 Å². The highest BCUT2D eigenvalue weighted by molar-refractivity contribution is 7.10. The highest BCUT2D eigenvalue weighted by Crippen LogP contribution is 2.31. The Morgan fingerprint density at radius 3 is 2.63 bits per heavy atom. The largest absolute Gasteiger partial charge is 0.481 e. The van der Waals surface area contributed by atoms with Gasteiger partial charge in [0.1, 0.15) is 0 Å². The monoisotopic (exact) mass is 281 g/mol. The lowest BCUT2D eigenvalue weighted by atomic mass is 9.78. The molecule has 104 valence electrons. The molecule has 19 heavy (non-hydrogen) atoms. The first-order chi connectivity index (χ1) is 9.09. The molecule has 0 spiro atoms. The van der Waals surface area contributed by atoms with Gasteiger partial charge in [0.25, 0.3) is 0 Å². The minimum Gasteiger partial charge on any atom is -0.481 e. The van der Waals surface area contributed by atoms with Gasteiger partial charge in [0, 0.05) is 4.88 Å². The Kier molecular flexibility index (Phi) is 4.58. The first-order valence-corrected chi connectivity index (χ1v) is 7.54. The summed E-state index contributed by atoms with van der Waals surface area (Å²) in [6.07, 6.45) is 3.14. The van der Waals surface area contributed by atoms with Crippen LogP contribution in [0.4, 0.5) is 0 Å². The fourth-order valence-corrected chi connectivity index (χ4v) is 3.40. The number of hydrogen-bond donors (Lipinski definition) is 2. The number of carbonyl (C=O) groups excluding carboxylic acids is 1. The second kappa shape index (κ2) is 6.19. The minimum absolute atomic E-state index is 0.0520. The molecule has 1 aliphatic rings. The summed E-state index contributed by atoms with van der Waals surface area (Å²) >= 11 is 1.60. The molecule has 0 aromatic carbocycles. The Morgan fingerprint density at radius 2 is 2.05 bits per heavy atom. The molecule has 0 unspecified atom stereocenters. The zero-order valence-electron chi connectivity index (χ0n) is 11.0. The molecular weight excluding hydrogens is 262 g/mol. The number of amides is 1. The van der Waals surface area contributed by atoms with Gasteiger partial charge in [-0.1, -0.05) is 18.9 Å². The normalized spacial score (nSPS) is 24.7. The highest BCUT2D eigenvalue weighted by atomic mass is 32.1. The first-order valence-electron chi connectivity index (χ1n) is 6.66. The third-order valence-corrected chi connectivity index (χ3v) is 4.80. The molecule has 4 nitrogen and oxygen atoms in total. The summed E-state index contributed by atoms with van der Waals surface area (Å²) in [4.78, 5) is 24.5. The maximum atomic E-state index is 12.2. The lowest BCUT2D eigenvalue weighted by Crippen LogP contribution is -2.40. The smallest absolute Gasteiger partial charge is 0.307 e. The highest BCUT2D eigenvalue weighted by Gasteiger charge is 2.36. The van der Waals surface area contributed by atoms with Crippen LogP contribution < -0.4 is 5.32 Å². The summed E-state index contributed by atoms with van der Waals surface area (Å²) in [7, 11) is 0. The van der Waals surface area contributed by atoms with Crippen LogP contribution in [0.25, 0.3) is 0 Å².